The summed E-state index contributed by atoms with van der Waals surface area (Å²) >= 11 is 1.60. The third-order valence-electron chi connectivity index (χ3n) is 3.71. The number of hydrogen-bond donors (Lipinski definition) is 1. The topological polar surface area (TPSA) is 72.7 Å². The summed E-state index contributed by atoms with van der Waals surface area (Å²) in [6.45, 7) is 2.54. The Morgan fingerprint density at radius 2 is 2.04 bits per heavy atom. The summed E-state index contributed by atoms with van der Waals surface area (Å²) < 4.78 is 2.70. The van der Waals surface area contributed by atoms with Gasteiger partial charge in [-0.05, 0) is 30.7 Å². The van der Waals surface area contributed by atoms with Crippen LogP contribution in [0.4, 0.5) is 5.69 Å². The fourth-order valence-electron chi connectivity index (χ4n) is 2.56. The van der Waals surface area contributed by atoms with Crippen LogP contribution in [0.25, 0.3) is 10.2 Å². The Balaban J connectivity index is 1.48. The summed E-state index contributed by atoms with van der Waals surface area (Å²) in [4.78, 5) is 16.8. The molecule has 0 unspecified atom stereocenters. The van der Waals surface area contributed by atoms with Gasteiger partial charge in [0, 0.05) is 5.69 Å². The smallest absolute Gasteiger partial charge is 0.277 e. The number of benzene rings is 2. The van der Waals surface area contributed by atoms with Gasteiger partial charge in [-0.15, -0.1) is 16.4 Å². The molecular weight excluding hydrogens is 334 g/mol. The van der Waals surface area contributed by atoms with E-state index in [1.165, 1.54) is 0 Å². The molecule has 0 spiro atoms. The van der Waals surface area contributed by atoms with Gasteiger partial charge in [0.25, 0.3) is 5.91 Å². The first kappa shape index (κ1) is 15.5. The summed E-state index contributed by atoms with van der Waals surface area (Å²) in [5, 5.41) is 11.9. The van der Waals surface area contributed by atoms with Crippen LogP contribution in [-0.2, 0) is 6.54 Å². The summed E-state index contributed by atoms with van der Waals surface area (Å²) in [6, 6.07) is 15.6. The Kier molecular flexibility index (Phi) is 3.99. The van der Waals surface area contributed by atoms with Crippen molar-refractivity contribution in [1.82, 2.24) is 20.0 Å². The number of hydrogen-bond acceptors (Lipinski definition) is 5. The van der Waals surface area contributed by atoms with Crippen LogP contribution in [0.3, 0.4) is 0 Å². The molecule has 1 amide bonds. The quantitative estimate of drug-likeness (QED) is 0.612. The molecule has 0 atom stereocenters. The fourth-order valence-corrected chi connectivity index (χ4v) is 3.43. The predicted molar refractivity (Wildman–Crippen MR) is 97.9 cm³/mol. The van der Waals surface area contributed by atoms with Gasteiger partial charge in [0.05, 0.1) is 28.0 Å². The van der Waals surface area contributed by atoms with E-state index >= 15 is 0 Å². The molecule has 0 aliphatic rings. The van der Waals surface area contributed by atoms with E-state index < -0.39 is 0 Å². The second-order valence-corrected chi connectivity index (χ2v) is 6.89. The lowest BCUT2D eigenvalue weighted by atomic mass is 10.2. The monoisotopic (exact) mass is 349 g/mol. The first-order chi connectivity index (χ1) is 12.2. The SMILES string of the molecule is Cc1nc2ccc(NC(=O)c3cn(Cc4ccccc4)nn3)cc2s1. The van der Waals surface area contributed by atoms with Gasteiger partial charge in [0.2, 0.25) is 0 Å². The van der Waals surface area contributed by atoms with Gasteiger partial charge in [-0.1, -0.05) is 35.5 Å². The van der Waals surface area contributed by atoms with Crippen molar-refractivity contribution in [3.05, 3.63) is 71.0 Å². The van der Waals surface area contributed by atoms with Crippen LogP contribution in [0.2, 0.25) is 0 Å². The number of nitrogens with zero attached hydrogens (tertiary/aromatic N) is 4. The van der Waals surface area contributed by atoms with E-state index in [0.717, 1.165) is 26.5 Å². The first-order valence-corrected chi connectivity index (χ1v) is 8.62. The van der Waals surface area contributed by atoms with Crippen molar-refractivity contribution in [3.8, 4) is 0 Å². The minimum atomic E-state index is -0.278. The number of rotatable bonds is 4. The molecule has 2 aromatic carbocycles. The maximum Gasteiger partial charge on any atom is 0.277 e. The lowest BCUT2D eigenvalue weighted by molar-refractivity contribution is 0.102. The second kappa shape index (κ2) is 6.45. The van der Waals surface area contributed by atoms with Gasteiger partial charge >= 0.3 is 0 Å². The van der Waals surface area contributed by atoms with Crippen LogP contribution >= 0.6 is 11.3 Å². The third kappa shape index (κ3) is 3.41. The van der Waals surface area contributed by atoms with Crippen LogP contribution in [0, 0.1) is 6.92 Å². The molecule has 0 fully saturated rings. The molecule has 0 aliphatic heterocycles. The average molecular weight is 349 g/mol. The van der Waals surface area contributed by atoms with Crippen molar-refractivity contribution < 1.29 is 4.79 Å². The van der Waals surface area contributed by atoms with Crippen LogP contribution in [0.5, 0.6) is 0 Å². The zero-order valence-corrected chi connectivity index (χ0v) is 14.3. The number of nitrogens with one attached hydrogen (secondary N) is 1. The normalized spacial score (nSPS) is 10.9. The van der Waals surface area contributed by atoms with Crippen molar-refractivity contribution in [2.24, 2.45) is 0 Å². The van der Waals surface area contributed by atoms with Crippen LogP contribution < -0.4 is 5.32 Å². The van der Waals surface area contributed by atoms with Crippen molar-refractivity contribution >= 4 is 33.1 Å². The number of thiazole rings is 1. The van der Waals surface area contributed by atoms with E-state index in [0.29, 0.717) is 6.54 Å². The fraction of sp³-hybridized carbons (Fsp3) is 0.111. The number of carbonyl (C=O) groups excluding carboxylic acids is 1. The van der Waals surface area contributed by atoms with E-state index in [-0.39, 0.29) is 11.6 Å². The van der Waals surface area contributed by atoms with E-state index in [4.69, 9.17) is 0 Å². The van der Waals surface area contributed by atoms with Gasteiger partial charge in [0.1, 0.15) is 0 Å². The molecule has 4 aromatic rings. The van der Waals surface area contributed by atoms with Crippen molar-refractivity contribution in [2.45, 2.75) is 13.5 Å². The third-order valence-corrected chi connectivity index (χ3v) is 4.65. The highest BCUT2D eigenvalue weighted by Crippen LogP contribution is 2.24. The summed E-state index contributed by atoms with van der Waals surface area (Å²) in [6.07, 6.45) is 1.65. The minimum Gasteiger partial charge on any atom is -0.320 e. The van der Waals surface area contributed by atoms with E-state index in [2.05, 4.69) is 20.6 Å². The minimum absolute atomic E-state index is 0.278. The lowest BCUT2D eigenvalue weighted by Crippen LogP contribution is -2.12. The molecule has 0 radical (unpaired) electrons. The first-order valence-electron chi connectivity index (χ1n) is 7.80. The van der Waals surface area contributed by atoms with Gasteiger partial charge in [0.15, 0.2) is 5.69 Å². The molecule has 0 saturated heterocycles. The van der Waals surface area contributed by atoms with Crippen LogP contribution in [0.15, 0.2) is 54.7 Å². The number of anilines is 1. The molecule has 0 aliphatic carbocycles. The molecule has 0 bridgehead atoms. The molecule has 25 heavy (non-hydrogen) atoms. The van der Waals surface area contributed by atoms with E-state index in [1.54, 1.807) is 22.2 Å². The predicted octanol–water partition coefficient (Wildman–Crippen LogP) is 3.50. The Hall–Kier alpha value is -3.06. The Morgan fingerprint density at radius 3 is 2.88 bits per heavy atom. The lowest BCUT2D eigenvalue weighted by Gasteiger charge is -2.02. The van der Waals surface area contributed by atoms with Gasteiger partial charge in [-0.25, -0.2) is 9.67 Å². The van der Waals surface area contributed by atoms with E-state index in [9.17, 15) is 4.79 Å². The summed E-state index contributed by atoms with van der Waals surface area (Å²) in [5.74, 6) is -0.278. The zero-order chi connectivity index (χ0) is 17.2. The van der Waals surface area contributed by atoms with Gasteiger partial charge in [-0.3, -0.25) is 4.79 Å². The largest absolute Gasteiger partial charge is 0.320 e. The molecule has 1 N–H and O–H groups in total. The molecule has 124 valence electrons. The summed E-state index contributed by atoms with van der Waals surface area (Å²) in [7, 11) is 0. The molecule has 0 saturated carbocycles. The highest BCUT2D eigenvalue weighted by atomic mass is 32.1. The molecule has 4 rings (SSSR count). The Labute approximate surface area is 148 Å². The number of aromatic nitrogens is 4. The number of fused-ring (bicyclic) bond motifs is 1. The van der Waals surface area contributed by atoms with Crippen LogP contribution in [0.1, 0.15) is 21.1 Å². The standard InChI is InChI=1S/C18H15N5OS/c1-12-19-15-8-7-14(9-17(15)25-12)20-18(24)16-11-23(22-21-16)10-13-5-3-2-4-6-13/h2-9,11H,10H2,1H3,(H,20,24). The molecule has 6 nitrogen and oxygen atoms in total. The highest BCUT2D eigenvalue weighted by Gasteiger charge is 2.12. The maximum absolute atomic E-state index is 12.4. The van der Waals surface area contributed by atoms with Gasteiger partial charge < -0.3 is 5.32 Å². The van der Waals surface area contributed by atoms with Crippen molar-refractivity contribution in [1.29, 1.82) is 0 Å². The average Bonchev–Trinajstić information content (AvgIpc) is 3.21. The Bertz CT molecular complexity index is 1040. The molecule has 2 aromatic heterocycles. The van der Waals surface area contributed by atoms with Crippen molar-refractivity contribution in [3.63, 3.8) is 0 Å². The molecule has 2 heterocycles. The van der Waals surface area contributed by atoms with Gasteiger partial charge in [-0.2, -0.15) is 0 Å². The number of amides is 1. The number of aryl methyl sites for hydroxylation is 1. The highest BCUT2D eigenvalue weighted by molar-refractivity contribution is 7.18. The molecule has 7 heteroatoms. The second-order valence-electron chi connectivity index (χ2n) is 5.66. The summed E-state index contributed by atoms with van der Waals surface area (Å²) in [5.41, 5.74) is 3.05. The molecular formula is C18H15N5OS. The maximum atomic E-state index is 12.4. The van der Waals surface area contributed by atoms with E-state index in [1.807, 2.05) is 55.5 Å². The number of carbonyl (C=O) groups is 1. The van der Waals surface area contributed by atoms with Crippen molar-refractivity contribution in [2.75, 3.05) is 5.32 Å². The Morgan fingerprint density at radius 1 is 1.20 bits per heavy atom. The zero-order valence-electron chi connectivity index (χ0n) is 13.5. The van der Waals surface area contributed by atoms with Crippen LogP contribution in [-0.4, -0.2) is 25.9 Å².